The van der Waals surface area contributed by atoms with Gasteiger partial charge in [0.15, 0.2) is 0 Å². The highest BCUT2D eigenvalue weighted by Gasteiger charge is 2.34. The molecule has 0 heterocycles. The molecule has 1 aliphatic rings. The van der Waals surface area contributed by atoms with Crippen LogP contribution in [0, 0.1) is 5.92 Å². The van der Waals surface area contributed by atoms with Crippen LogP contribution in [-0.2, 0) is 15.8 Å². The lowest BCUT2D eigenvalue weighted by Crippen LogP contribution is -2.40. The molecular formula is C18H24F3N3O2. The molecule has 0 aromatic heterocycles. The van der Waals surface area contributed by atoms with E-state index in [-0.39, 0.29) is 29.9 Å². The van der Waals surface area contributed by atoms with E-state index in [0.717, 1.165) is 31.7 Å². The number of halogens is 3. The van der Waals surface area contributed by atoms with Gasteiger partial charge in [-0.3, -0.25) is 9.59 Å². The smallest absolute Gasteiger partial charge is 0.376 e. The van der Waals surface area contributed by atoms with E-state index in [2.05, 4.69) is 22.9 Å². The first-order chi connectivity index (χ1) is 12.1. The molecule has 0 saturated heterocycles. The Balaban J connectivity index is 1.99. The Morgan fingerprint density at radius 3 is 2.38 bits per heavy atom. The van der Waals surface area contributed by atoms with Gasteiger partial charge in [0.05, 0.1) is 12.1 Å². The van der Waals surface area contributed by atoms with E-state index in [1.165, 1.54) is 19.1 Å². The van der Waals surface area contributed by atoms with Gasteiger partial charge in [0, 0.05) is 24.3 Å². The number of hydrogen-bond acceptors (Lipinski definition) is 3. The predicted molar refractivity (Wildman–Crippen MR) is 93.8 cm³/mol. The number of carbonyl (C=O) groups excluding carboxylic acids is 2. The second-order valence-corrected chi connectivity index (χ2v) is 6.82. The Bertz CT molecular complexity index is 654. The third kappa shape index (κ3) is 5.93. The molecule has 0 unspecified atom stereocenters. The van der Waals surface area contributed by atoms with Gasteiger partial charge in [0.2, 0.25) is 11.8 Å². The summed E-state index contributed by atoms with van der Waals surface area (Å²) in [6, 6.07) is 3.51. The zero-order valence-electron chi connectivity index (χ0n) is 14.9. The molecule has 0 spiro atoms. The summed E-state index contributed by atoms with van der Waals surface area (Å²) in [6.07, 6.45) is -0.729. The number of amides is 2. The second-order valence-electron chi connectivity index (χ2n) is 6.82. The van der Waals surface area contributed by atoms with Gasteiger partial charge in [0.1, 0.15) is 0 Å². The van der Waals surface area contributed by atoms with E-state index in [0.29, 0.717) is 5.92 Å². The maximum absolute atomic E-state index is 13.2. The maximum Gasteiger partial charge on any atom is 0.418 e. The van der Waals surface area contributed by atoms with Crippen molar-refractivity contribution in [1.82, 2.24) is 5.32 Å². The highest BCUT2D eigenvalue weighted by molar-refractivity contribution is 5.89. The number of hydrogen-bond donors (Lipinski definition) is 3. The van der Waals surface area contributed by atoms with Crippen LogP contribution in [0.25, 0.3) is 0 Å². The molecule has 1 aromatic carbocycles. The van der Waals surface area contributed by atoms with Crippen LogP contribution in [0.3, 0.4) is 0 Å². The molecule has 1 saturated carbocycles. The van der Waals surface area contributed by atoms with E-state index in [9.17, 15) is 22.8 Å². The van der Waals surface area contributed by atoms with Crippen molar-refractivity contribution in [3.05, 3.63) is 23.8 Å². The van der Waals surface area contributed by atoms with Crippen LogP contribution >= 0.6 is 0 Å². The van der Waals surface area contributed by atoms with Crippen molar-refractivity contribution in [2.24, 2.45) is 5.92 Å². The number of anilines is 2. The van der Waals surface area contributed by atoms with Gasteiger partial charge in [-0.05, 0) is 49.8 Å². The highest BCUT2D eigenvalue weighted by atomic mass is 19.4. The van der Waals surface area contributed by atoms with Crippen molar-refractivity contribution in [2.45, 2.75) is 51.7 Å². The van der Waals surface area contributed by atoms with E-state index in [4.69, 9.17) is 0 Å². The van der Waals surface area contributed by atoms with E-state index >= 15 is 0 Å². The number of carbonyl (C=O) groups is 2. The molecule has 0 aliphatic heterocycles. The molecule has 2 amide bonds. The SMILES string of the molecule is CC(=O)Nc1ccc(NCC(=O)NC2CCC(C)CC2)c(C(F)(F)F)c1. The molecule has 144 valence electrons. The Labute approximate surface area is 150 Å². The zero-order valence-corrected chi connectivity index (χ0v) is 14.9. The molecule has 0 bridgehead atoms. The molecule has 1 aromatic rings. The Morgan fingerprint density at radius 1 is 1.15 bits per heavy atom. The molecule has 5 nitrogen and oxygen atoms in total. The normalized spacial score (nSPS) is 20.3. The maximum atomic E-state index is 13.2. The monoisotopic (exact) mass is 371 g/mol. The quantitative estimate of drug-likeness (QED) is 0.738. The largest absolute Gasteiger partial charge is 0.418 e. The minimum absolute atomic E-state index is 0.0520. The predicted octanol–water partition coefficient (Wildman–Crippen LogP) is 3.77. The first-order valence-electron chi connectivity index (χ1n) is 8.67. The van der Waals surface area contributed by atoms with Crippen LogP contribution in [0.4, 0.5) is 24.5 Å². The van der Waals surface area contributed by atoms with Gasteiger partial charge in [0.25, 0.3) is 0 Å². The summed E-state index contributed by atoms with van der Waals surface area (Å²) >= 11 is 0. The molecule has 0 radical (unpaired) electrons. The summed E-state index contributed by atoms with van der Waals surface area (Å²) < 4.78 is 39.7. The van der Waals surface area contributed by atoms with Gasteiger partial charge in [-0.25, -0.2) is 0 Å². The third-order valence-corrected chi connectivity index (χ3v) is 4.47. The summed E-state index contributed by atoms with van der Waals surface area (Å²) in [7, 11) is 0. The summed E-state index contributed by atoms with van der Waals surface area (Å²) in [5.41, 5.74) is -1.07. The van der Waals surface area contributed by atoms with E-state index in [1.807, 2.05) is 0 Å². The first-order valence-corrected chi connectivity index (χ1v) is 8.67. The molecule has 2 rings (SSSR count). The zero-order chi connectivity index (χ0) is 19.3. The molecule has 1 aliphatic carbocycles. The minimum atomic E-state index is -4.60. The molecule has 3 N–H and O–H groups in total. The number of rotatable bonds is 5. The molecule has 0 atom stereocenters. The fourth-order valence-corrected chi connectivity index (χ4v) is 3.07. The van der Waals surface area contributed by atoms with E-state index < -0.39 is 17.6 Å². The van der Waals surface area contributed by atoms with Gasteiger partial charge in [-0.2, -0.15) is 13.2 Å². The number of alkyl halides is 3. The van der Waals surface area contributed by atoms with Gasteiger partial charge < -0.3 is 16.0 Å². The standard InChI is InChI=1S/C18H24F3N3O2/c1-11-3-5-13(6-4-11)24-17(26)10-22-16-8-7-14(23-12(2)25)9-15(16)18(19,20)21/h7-9,11,13,22H,3-6,10H2,1-2H3,(H,23,25)(H,24,26). The Kier molecular flexibility index (Phi) is 6.50. The fraction of sp³-hybridized carbons (Fsp3) is 0.556. The summed E-state index contributed by atoms with van der Waals surface area (Å²) in [5.74, 6) is -0.138. The summed E-state index contributed by atoms with van der Waals surface area (Å²) in [6.45, 7) is 3.15. The van der Waals surface area contributed by atoms with Crippen LogP contribution < -0.4 is 16.0 Å². The fourth-order valence-electron chi connectivity index (χ4n) is 3.07. The lowest BCUT2D eigenvalue weighted by molar-refractivity contribution is -0.137. The molecule has 8 heteroatoms. The van der Waals surface area contributed by atoms with Crippen LogP contribution in [0.5, 0.6) is 0 Å². The summed E-state index contributed by atoms with van der Waals surface area (Å²) in [5, 5.41) is 7.74. The van der Waals surface area contributed by atoms with Gasteiger partial charge >= 0.3 is 6.18 Å². The van der Waals surface area contributed by atoms with E-state index in [1.54, 1.807) is 0 Å². The summed E-state index contributed by atoms with van der Waals surface area (Å²) in [4.78, 5) is 23.1. The Hall–Kier alpha value is -2.25. The average Bonchev–Trinajstić information content (AvgIpc) is 2.54. The minimum Gasteiger partial charge on any atom is -0.376 e. The van der Waals surface area contributed by atoms with Crippen LogP contribution in [0.1, 0.15) is 45.1 Å². The van der Waals surface area contributed by atoms with Crippen molar-refractivity contribution in [1.29, 1.82) is 0 Å². The average molecular weight is 371 g/mol. The van der Waals surface area contributed by atoms with Crippen molar-refractivity contribution >= 4 is 23.2 Å². The molecule has 1 fully saturated rings. The molecular weight excluding hydrogens is 347 g/mol. The topological polar surface area (TPSA) is 70.2 Å². The van der Waals surface area contributed by atoms with Crippen molar-refractivity contribution in [3.8, 4) is 0 Å². The molecule has 26 heavy (non-hydrogen) atoms. The third-order valence-electron chi connectivity index (χ3n) is 4.47. The number of benzene rings is 1. The van der Waals surface area contributed by atoms with Crippen LogP contribution in [0.15, 0.2) is 18.2 Å². The van der Waals surface area contributed by atoms with Crippen molar-refractivity contribution < 1.29 is 22.8 Å². The van der Waals surface area contributed by atoms with Crippen LogP contribution in [0.2, 0.25) is 0 Å². The number of nitrogens with one attached hydrogen (secondary N) is 3. The van der Waals surface area contributed by atoms with Crippen LogP contribution in [-0.4, -0.2) is 24.4 Å². The lowest BCUT2D eigenvalue weighted by atomic mass is 9.87. The van der Waals surface area contributed by atoms with Crippen molar-refractivity contribution in [2.75, 3.05) is 17.2 Å². The van der Waals surface area contributed by atoms with Gasteiger partial charge in [-0.15, -0.1) is 0 Å². The lowest BCUT2D eigenvalue weighted by Gasteiger charge is -2.27. The van der Waals surface area contributed by atoms with Crippen molar-refractivity contribution in [3.63, 3.8) is 0 Å². The first kappa shape index (κ1) is 20.1. The van der Waals surface area contributed by atoms with Gasteiger partial charge in [-0.1, -0.05) is 6.92 Å². The second kappa shape index (κ2) is 8.42. The highest BCUT2D eigenvalue weighted by Crippen LogP contribution is 2.36. The Morgan fingerprint density at radius 2 is 1.81 bits per heavy atom.